The minimum absolute atomic E-state index is 0.0117. The second-order valence-corrected chi connectivity index (χ2v) is 10.4. The van der Waals surface area contributed by atoms with Crippen molar-refractivity contribution in [3.05, 3.63) is 36.0 Å². The number of epoxide rings is 1. The Morgan fingerprint density at radius 3 is 3.00 bits per heavy atom. The van der Waals surface area contributed by atoms with Crippen LogP contribution in [0.25, 0.3) is 10.9 Å². The van der Waals surface area contributed by atoms with Crippen molar-refractivity contribution in [2.75, 3.05) is 19.7 Å². The maximum Gasteiger partial charge on any atom is 0.310 e. The van der Waals surface area contributed by atoms with Gasteiger partial charge in [0.25, 0.3) is 0 Å². The zero-order valence-electron chi connectivity index (χ0n) is 17.8. The number of esters is 1. The summed E-state index contributed by atoms with van der Waals surface area (Å²) in [6.07, 6.45) is 8.96. The van der Waals surface area contributed by atoms with Crippen LogP contribution in [-0.2, 0) is 20.7 Å². The van der Waals surface area contributed by atoms with Crippen molar-refractivity contribution in [3.63, 3.8) is 0 Å². The van der Waals surface area contributed by atoms with Gasteiger partial charge >= 0.3 is 5.97 Å². The van der Waals surface area contributed by atoms with Crippen LogP contribution in [0.4, 0.5) is 0 Å². The van der Waals surface area contributed by atoms with E-state index >= 15 is 0 Å². The van der Waals surface area contributed by atoms with Crippen LogP contribution in [0.2, 0.25) is 0 Å². The third kappa shape index (κ3) is 2.93. The molecule has 3 heterocycles. The van der Waals surface area contributed by atoms with Crippen LogP contribution >= 0.6 is 0 Å². The molecule has 5 nitrogen and oxygen atoms in total. The number of para-hydroxylation sites is 1. The number of ether oxygens (including phenoxy) is 2. The molecular formula is C25H32N2O3. The van der Waals surface area contributed by atoms with Gasteiger partial charge in [-0.3, -0.25) is 4.79 Å². The molecule has 1 spiro atoms. The molecule has 0 radical (unpaired) electrons. The number of fused-ring (bicyclic) bond motifs is 4. The summed E-state index contributed by atoms with van der Waals surface area (Å²) in [5.41, 5.74) is 2.90. The molecule has 1 aromatic heterocycles. The van der Waals surface area contributed by atoms with E-state index in [9.17, 15) is 4.79 Å². The fourth-order valence-electron chi connectivity index (χ4n) is 7.01. The highest BCUT2D eigenvalue weighted by Gasteiger charge is 2.64. The molecule has 2 saturated carbocycles. The van der Waals surface area contributed by atoms with Crippen LogP contribution in [0, 0.1) is 23.2 Å². The maximum atomic E-state index is 12.7. The van der Waals surface area contributed by atoms with E-state index in [1.54, 1.807) is 0 Å². The Morgan fingerprint density at radius 2 is 2.13 bits per heavy atom. The molecule has 0 bridgehead atoms. The predicted molar refractivity (Wildman–Crippen MR) is 115 cm³/mol. The van der Waals surface area contributed by atoms with Gasteiger partial charge in [-0.2, -0.15) is 0 Å². The topological polar surface area (TPSA) is 66.7 Å². The van der Waals surface area contributed by atoms with Crippen molar-refractivity contribution in [1.29, 1.82) is 0 Å². The lowest BCUT2D eigenvalue weighted by atomic mass is 9.53. The number of carbonyl (C=O) groups excluding carboxylic acids is 1. The quantitative estimate of drug-likeness (QED) is 0.448. The monoisotopic (exact) mass is 408 g/mol. The Labute approximate surface area is 177 Å². The number of aromatic nitrogens is 1. The highest BCUT2D eigenvalue weighted by Crippen LogP contribution is 2.62. The summed E-state index contributed by atoms with van der Waals surface area (Å²) in [6.45, 7) is 4.93. The molecule has 160 valence electrons. The van der Waals surface area contributed by atoms with Crippen molar-refractivity contribution >= 4 is 16.9 Å². The van der Waals surface area contributed by atoms with Gasteiger partial charge in [0.05, 0.1) is 18.1 Å². The number of rotatable bonds is 5. The first-order valence-corrected chi connectivity index (χ1v) is 11.7. The second kappa shape index (κ2) is 6.83. The Morgan fingerprint density at radius 1 is 1.27 bits per heavy atom. The summed E-state index contributed by atoms with van der Waals surface area (Å²) >= 11 is 0. The van der Waals surface area contributed by atoms with Gasteiger partial charge in [-0.15, -0.1) is 0 Å². The molecule has 6 rings (SSSR count). The molecule has 0 unspecified atom stereocenters. The van der Waals surface area contributed by atoms with Crippen molar-refractivity contribution in [2.24, 2.45) is 23.2 Å². The molecular weight excluding hydrogens is 376 g/mol. The van der Waals surface area contributed by atoms with Gasteiger partial charge in [0.15, 0.2) is 0 Å². The van der Waals surface area contributed by atoms with E-state index in [2.05, 4.69) is 47.7 Å². The summed E-state index contributed by atoms with van der Waals surface area (Å²) in [6, 6.07) is 8.42. The van der Waals surface area contributed by atoms with E-state index < -0.39 is 0 Å². The molecule has 2 aliphatic carbocycles. The molecule has 5 heteroatoms. The molecule has 2 N–H and O–H groups in total. The van der Waals surface area contributed by atoms with Crippen LogP contribution in [0.5, 0.6) is 0 Å². The Bertz CT molecular complexity index is 964. The number of benzene rings is 1. The van der Waals surface area contributed by atoms with Crippen LogP contribution < -0.4 is 5.32 Å². The number of nitrogens with one attached hydrogen (secondary N) is 2. The third-order valence-corrected chi connectivity index (χ3v) is 8.69. The summed E-state index contributed by atoms with van der Waals surface area (Å²) < 4.78 is 11.9. The van der Waals surface area contributed by atoms with Gasteiger partial charge in [-0.25, -0.2) is 0 Å². The van der Waals surface area contributed by atoms with Crippen molar-refractivity contribution in [3.8, 4) is 0 Å². The smallest absolute Gasteiger partial charge is 0.310 e. The fraction of sp³-hybridized carbons (Fsp3) is 0.640. The molecule has 30 heavy (non-hydrogen) atoms. The van der Waals surface area contributed by atoms with E-state index in [0.29, 0.717) is 11.8 Å². The molecule has 1 aromatic carbocycles. The van der Waals surface area contributed by atoms with Crippen molar-refractivity contribution in [2.45, 2.75) is 57.2 Å². The van der Waals surface area contributed by atoms with Crippen LogP contribution in [0.1, 0.15) is 44.6 Å². The van der Waals surface area contributed by atoms with Crippen LogP contribution in [0.3, 0.4) is 0 Å². The Kier molecular flexibility index (Phi) is 4.30. The molecule has 4 fully saturated rings. The lowest BCUT2D eigenvalue weighted by molar-refractivity contribution is -0.147. The van der Waals surface area contributed by atoms with E-state index in [0.717, 1.165) is 39.0 Å². The maximum absolute atomic E-state index is 12.7. The predicted octanol–water partition coefficient (Wildman–Crippen LogP) is 3.83. The van der Waals surface area contributed by atoms with Gasteiger partial charge in [0.2, 0.25) is 0 Å². The first-order valence-electron chi connectivity index (χ1n) is 11.7. The normalized spacial score (nSPS) is 39.7. The average Bonchev–Trinajstić information content (AvgIpc) is 3.27. The molecule has 6 atom stereocenters. The zero-order valence-corrected chi connectivity index (χ0v) is 17.8. The van der Waals surface area contributed by atoms with E-state index in [1.807, 2.05) is 0 Å². The first kappa shape index (κ1) is 18.9. The minimum atomic E-state index is -0.0137. The minimum Gasteiger partial charge on any atom is -0.462 e. The Hall–Kier alpha value is -1.85. The van der Waals surface area contributed by atoms with E-state index in [1.165, 1.54) is 35.7 Å². The summed E-state index contributed by atoms with van der Waals surface area (Å²) in [5, 5.41) is 4.86. The van der Waals surface area contributed by atoms with Gasteiger partial charge in [-0.1, -0.05) is 25.1 Å². The van der Waals surface area contributed by atoms with E-state index in [4.69, 9.17) is 9.47 Å². The fourth-order valence-corrected chi connectivity index (χ4v) is 7.01. The highest BCUT2D eigenvalue weighted by atomic mass is 16.6. The van der Waals surface area contributed by atoms with Gasteiger partial charge in [-0.05, 0) is 68.0 Å². The van der Waals surface area contributed by atoms with E-state index in [-0.39, 0.29) is 29.0 Å². The van der Waals surface area contributed by atoms with Gasteiger partial charge in [0, 0.05) is 29.6 Å². The molecule has 2 aliphatic heterocycles. The SMILES string of the molecule is C[C@]12CCC[C@@]3(CO3)[C@H]1C[C@H]1[C@@H](C2)OC(=O)[C@@H]1CNCCc1c[nH]c2ccccc12. The van der Waals surface area contributed by atoms with Crippen LogP contribution in [0.15, 0.2) is 30.5 Å². The lowest BCUT2D eigenvalue weighted by Gasteiger charge is -2.51. The number of hydrogen-bond donors (Lipinski definition) is 2. The van der Waals surface area contributed by atoms with Crippen LogP contribution in [-0.4, -0.2) is 42.4 Å². The van der Waals surface area contributed by atoms with Crippen molar-refractivity contribution in [1.82, 2.24) is 10.3 Å². The lowest BCUT2D eigenvalue weighted by Crippen LogP contribution is -2.51. The molecule has 4 aliphatic rings. The Balaban J connectivity index is 1.10. The molecule has 2 saturated heterocycles. The third-order valence-electron chi connectivity index (χ3n) is 8.69. The molecule has 2 aromatic rings. The number of hydrogen-bond acceptors (Lipinski definition) is 4. The van der Waals surface area contributed by atoms with Gasteiger partial charge < -0.3 is 19.8 Å². The number of aromatic amines is 1. The van der Waals surface area contributed by atoms with Crippen molar-refractivity contribution < 1.29 is 14.3 Å². The summed E-state index contributed by atoms with van der Waals surface area (Å²) in [7, 11) is 0. The van der Waals surface area contributed by atoms with Gasteiger partial charge in [0.1, 0.15) is 6.10 Å². The standard InChI is InChI=1S/C25H32N2O3/c1-24-8-4-9-25(15-29-25)22(24)11-18-19(23(28)30-21(18)12-24)14-26-10-7-16-13-27-20-6-3-2-5-17(16)20/h2-3,5-6,13,18-19,21-22,26-27H,4,7-12,14-15H2,1H3/t18-,19-,21-,22+,24-,25-/m1/s1. The summed E-state index contributed by atoms with van der Waals surface area (Å²) in [4.78, 5) is 16.1. The summed E-state index contributed by atoms with van der Waals surface area (Å²) in [5.74, 6) is 0.927. The number of carbonyl (C=O) groups is 1. The second-order valence-electron chi connectivity index (χ2n) is 10.4. The largest absolute Gasteiger partial charge is 0.462 e. The zero-order chi connectivity index (χ0) is 20.3. The number of H-pyrrole nitrogens is 1. The molecule has 0 amide bonds. The average molecular weight is 409 g/mol. The first-order chi connectivity index (χ1) is 14.6. The highest BCUT2D eigenvalue weighted by molar-refractivity contribution is 5.83.